The van der Waals surface area contributed by atoms with Crippen molar-refractivity contribution in [3.05, 3.63) is 23.3 Å². The van der Waals surface area contributed by atoms with Crippen molar-refractivity contribution in [2.75, 3.05) is 13.7 Å². The number of carbonyl (C=O) groups is 2. The minimum Gasteiger partial charge on any atom is -0.459 e. The Bertz CT molecular complexity index is 1060. The smallest absolute Gasteiger partial charge is 0.306 e. The Labute approximate surface area is 253 Å². The minimum absolute atomic E-state index is 0.164. The third-order valence-electron chi connectivity index (χ3n) is 11.6. The van der Waals surface area contributed by atoms with E-state index in [1.54, 1.807) is 13.0 Å². The number of hydrogen-bond acceptors (Lipinski definition) is 7. The zero-order chi connectivity index (χ0) is 30.9. The summed E-state index contributed by atoms with van der Waals surface area (Å²) in [4.78, 5) is 26.7. The van der Waals surface area contributed by atoms with Gasteiger partial charge in [-0.25, -0.2) is 0 Å². The summed E-state index contributed by atoms with van der Waals surface area (Å²) < 4.78 is 12.0. The molecular weight excluding hydrogens is 532 g/mol. The lowest BCUT2D eigenvalue weighted by atomic mass is 9.59. The highest BCUT2D eigenvalue weighted by atomic mass is 16.6. The first-order valence-electron chi connectivity index (χ1n) is 16.6. The second-order valence-corrected chi connectivity index (χ2v) is 14.3. The molecule has 0 unspecified atom stereocenters. The molecule has 2 fully saturated rings. The molecule has 0 aromatic carbocycles. The van der Waals surface area contributed by atoms with Gasteiger partial charge in [-0.2, -0.15) is 0 Å². The fourth-order valence-electron chi connectivity index (χ4n) is 9.00. The quantitative estimate of drug-likeness (QED) is 0.125. The van der Waals surface area contributed by atoms with Gasteiger partial charge in [0.15, 0.2) is 5.78 Å². The molecule has 7 heteroatoms. The van der Waals surface area contributed by atoms with Gasteiger partial charge in [0.1, 0.15) is 17.3 Å². The summed E-state index contributed by atoms with van der Waals surface area (Å²) in [5.74, 6) is -2.91. The van der Waals surface area contributed by atoms with Gasteiger partial charge in [0.05, 0.1) is 12.2 Å². The van der Waals surface area contributed by atoms with Crippen LogP contribution in [-0.4, -0.2) is 63.7 Å². The first-order chi connectivity index (χ1) is 19.9. The highest BCUT2D eigenvalue weighted by molar-refractivity contribution is 6.05. The van der Waals surface area contributed by atoms with Crippen LogP contribution in [0.5, 0.6) is 0 Å². The number of fused-ring (bicyclic) bond motifs is 5. The molecule has 3 N–H and O–H groups in total. The number of carbonyl (C=O) groups excluding carboxylic acids is 2. The second-order valence-electron chi connectivity index (χ2n) is 14.3. The Morgan fingerprint density at radius 3 is 2.10 bits per heavy atom. The van der Waals surface area contributed by atoms with Crippen molar-refractivity contribution in [1.82, 2.24) is 0 Å². The SMILES string of the molecule is CCCCCCCCCCCCCC(=O)O[C@@H]1[C@@H](C)[C@@]2(O)[C@@H](C=C(CO)C[C@]3(OC)C(=O)C(C)=C[C@@H]23)[C@@H]2C(C)(C)[C@]12O. The number of ether oxygens (including phenoxy) is 2. The molecule has 4 aliphatic carbocycles. The second kappa shape index (κ2) is 12.8. The van der Waals surface area contributed by atoms with Gasteiger partial charge in [-0.3, -0.25) is 9.59 Å². The zero-order valence-electron chi connectivity index (χ0n) is 26.9. The maximum absolute atomic E-state index is 13.5. The van der Waals surface area contributed by atoms with Crippen LogP contribution in [0.2, 0.25) is 0 Å². The maximum Gasteiger partial charge on any atom is 0.306 e. The molecule has 0 heterocycles. The van der Waals surface area contributed by atoms with Crippen LogP contribution >= 0.6 is 0 Å². The van der Waals surface area contributed by atoms with Gasteiger partial charge in [-0.1, -0.05) is 104 Å². The van der Waals surface area contributed by atoms with Gasteiger partial charge >= 0.3 is 5.97 Å². The molecule has 4 aliphatic rings. The van der Waals surface area contributed by atoms with E-state index < -0.39 is 52.0 Å². The fraction of sp³-hybridized carbons (Fsp3) is 0.829. The molecule has 2 saturated carbocycles. The number of Topliss-reactive ketones (excluding diaryl/α,β-unsaturated/α-hetero) is 1. The molecule has 42 heavy (non-hydrogen) atoms. The van der Waals surface area contributed by atoms with E-state index >= 15 is 0 Å². The van der Waals surface area contributed by atoms with E-state index in [9.17, 15) is 24.9 Å². The molecule has 0 amide bonds. The molecule has 8 atom stereocenters. The number of hydrogen-bond donors (Lipinski definition) is 3. The van der Waals surface area contributed by atoms with Gasteiger partial charge in [-0.15, -0.1) is 0 Å². The van der Waals surface area contributed by atoms with E-state index in [1.807, 2.05) is 26.8 Å². The number of aliphatic hydroxyl groups excluding tert-OH is 1. The molecule has 0 aromatic rings. The monoisotopic (exact) mass is 588 g/mol. The Kier molecular flexibility index (Phi) is 10.2. The van der Waals surface area contributed by atoms with Crippen molar-refractivity contribution in [1.29, 1.82) is 0 Å². The van der Waals surface area contributed by atoms with Crippen molar-refractivity contribution in [3.63, 3.8) is 0 Å². The molecule has 4 rings (SSSR count). The number of esters is 1. The van der Waals surface area contributed by atoms with Crippen LogP contribution in [0.3, 0.4) is 0 Å². The van der Waals surface area contributed by atoms with Crippen molar-refractivity contribution in [3.8, 4) is 0 Å². The van der Waals surface area contributed by atoms with Crippen LogP contribution in [0.4, 0.5) is 0 Å². The molecule has 0 spiro atoms. The standard InChI is InChI=1S/C35H56O7/c1-7-8-9-10-11-12-13-14-15-16-17-18-28(37)42-31-24(3)34(39)26(29-32(4,5)35(29,31)40)20-25(22-36)21-33(41-6)27(34)19-23(2)30(33)38/h19-20,24,26-27,29,31,36,39-40H,7-18,21-22H2,1-6H3/t24-,26+,27-,29-,31-,33-,34-,35-/m1/s1. The van der Waals surface area contributed by atoms with Crippen molar-refractivity contribution < 1.29 is 34.4 Å². The largest absolute Gasteiger partial charge is 0.459 e. The zero-order valence-corrected chi connectivity index (χ0v) is 26.9. The molecule has 0 saturated heterocycles. The summed E-state index contributed by atoms with van der Waals surface area (Å²) in [7, 11) is 1.48. The average molecular weight is 589 g/mol. The summed E-state index contributed by atoms with van der Waals surface area (Å²) in [6, 6.07) is 0. The predicted octanol–water partition coefficient (Wildman–Crippen LogP) is 5.84. The number of aliphatic hydroxyl groups is 3. The maximum atomic E-state index is 13.5. The third-order valence-corrected chi connectivity index (χ3v) is 11.6. The number of methoxy groups -OCH3 is 1. The van der Waals surface area contributed by atoms with E-state index in [0.717, 1.165) is 19.3 Å². The normalized spacial score (nSPS) is 38.1. The van der Waals surface area contributed by atoms with E-state index in [0.29, 0.717) is 11.1 Å². The molecule has 0 radical (unpaired) electrons. The lowest BCUT2D eigenvalue weighted by molar-refractivity contribution is -0.223. The van der Waals surface area contributed by atoms with Gasteiger partial charge in [0.25, 0.3) is 0 Å². The van der Waals surface area contributed by atoms with Gasteiger partial charge in [-0.05, 0) is 24.5 Å². The van der Waals surface area contributed by atoms with Gasteiger partial charge in [0.2, 0.25) is 0 Å². The first-order valence-corrected chi connectivity index (χ1v) is 16.6. The lowest BCUT2D eigenvalue weighted by Crippen LogP contribution is -2.66. The molecule has 0 bridgehead atoms. The van der Waals surface area contributed by atoms with Gasteiger partial charge < -0.3 is 24.8 Å². The summed E-state index contributed by atoms with van der Waals surface area (Å²) in [5, 5.41) is 35.1. The number of unbranched alkanes of at least 4 members (excludes halogenated alkanes) is 10. The Morgan fingerprint density at radius 2 is 1.55 bits per heavy atom. The van der Waals surface area contributed by atoms with Gasteiger partial charge in [0, 0.05) is 49.0 Å². The Balaban J connectivity index is 1.44. The van der Waals surface area contributed by atoms with Crippen LogP contribution in [0, 0.1) is 29.1 Å². The van der Waals surface area contributed by atoms with Crippen LogP contribution in [-0.2, 0) is 19.1 Å². The van der Waals surface area contributed by atoms with Crippen LogP contribution in [0.15, 0.2) is 23.3 Å². The molecular formula is C35H56O7. The number of rotatable bonds is 15. The van der Waals surface area contributed by atoms with E-state index in [4.69, 9.17) is 9.47 Å². The summed E-state index contributed by atoms with van der Waals surface area (Å²) in [6.07, 6.45) is 16.3. The lowest BCUT2D eigenvalue weighted by Gasteiger charge is -2.53. The highest BCUT2D eigenvalue weighted by Gasteiger charge is 2.85. The predicted molar refractivity (Wildman–Crippen MR) is 163 cm³/mol. The first kappa shape index (κ1) is 33.4. The highest BCUT2D eigenvalue weighted by Crippen LogP contribution is 2.75. The minimum atomic E-state index is -1.54. The summed E-state index contributed by atoms with van der Waals surface area (Å²) in [6.45, 7) is 9.41. The Morgan fingerprint density at radius 1 is 0.976 bits per heavy atom. The van der Waals surface area contributed by atoms with Crippen molar-refractivity contribution in [2.24, 2.45) is 29.1 Å². The van der Waals surface area contributed by atoms with E-state index in [-0.39, 0.29) is 31.2 Å². The fourth-order valence-corrected chi connectivity index (χ4v) is 9.00. The molecule has 238 valence electrons. The Hall–Kier alpha value is -1.54. The van der Waals surface area contributed by atoms with Crippen molar-refractivity contribution >= 4 is 11.8 Å². The average Bonchev–Trinajstić information content (AvgIpc) is 3.34. The van der Waals surface area contributed by atoms with Crippen LogP contribution in [0.25, 0.3) is 0 Å². The summed E-state index contributed by atoms with van der Waals surface area (Å²) in [5.41, 5.74) is -3.73. The van der Waals surface area contributed by atoms with E-state index in [2.05, 4.69) is 6.92 Å². The topological polar surface area (TPSA) is 113 Å². The van der Waals surface area contributed by atoms with Crippen LogP contribution in [0.1, 0.15) is 118 Å². The molecule has 0 aromatic heterocycles. The molecule has 0 aliphatic heterocycles. The molecule has 7 nitrogen and oxygen atoms in total. The number of ketones is 1. The van der Waals surface area contributed by atoms with Crippen molar-refractivity contribution in [2.45, 2.75) is 141 Å². The summed E-state index contributed by atoms with van der Waals surface area (Å²) >= 11 is 0. The van der Waals surface area contributed by atoms with Crippen LogP contribution < -0.4 is 0 Å². The third kappa shape index (κ3) is 5.35. The van der Waals surface area contributed by atoms with E-state index in [1.165, 1.54) is 58.5 Å².